The van der Waals surface area contributed by atoms with Crippen LogP contribution < -0.4 is 0 Å². The topological polar surface area (TPSA) is 50.9 Å². The Morgan fingerprint density at radius 1 is 1.44 bits per heavy atom. The van der Waals surface area contributed by atoms with Gasteiger partial charge in [0.25, 0.3) is 0 Å². The van der Waals surface area contributed by atoms with Crippen LogP contribution in [0.3, 0.4) is 0 Å². The van der Waals surface area contributed by atoms with Gasteiger partial charge in [0.1, 0.15) is 5.60 Å². The molecule has 0 spiro atoms. The second-order valence-electron chi connectivity index (χ2n) is 3.83. The van der Waals surface area contributed by atoms with Crippen molar-refractivity contribution in [1.29, 1.82) is 0 Å². The van der Waals surface area contributed by atoms with Crippen molar-refractivity contribution < 1.29 is 5.11 Å². The molecule has 0 fully saturated rings. The molecule has 0 aliphatic heterocycles. The molecule has 0 aliphatic carbocycles. The molecule has 5 heteroatoms. The van der Waals surface area contributed by atoms with Gasteiger partial charge in [0, 0.05) is 12.1 Å². The van der Waals surface area contributed by atoms with Crippen LogP contribution in [-0.2, 0) is 12.6 Å². The van der Waals surface area contributed by atoms with Gasteiger partial charge in [-0.1, -0.05) is 28.9 Å². The molecule has 0 saturated carbocycles. The second kappa shape index (κ2) is 3.88. The molecule has 0 saturated heterocycles. The van der Waals surface area contributed by atoms with Gasteiger partial charge < -0.3 is 5.11 Å². The lowest BCUT2D eigenvalue weighted by molar-refractivity contribution is 0.0929. The summed E-state index contributed by atoms with van der Waals surface area (Å²) in [6.45, 7) is 1.69. The highest BCUT2D eigenvalue weighted by atomic mass is 35.5. The number of rotatable bonds is 2. The lowest BCUT2D eigenvalue weighted by Crippen LogP contribution is -2.26. The van der Waals surface area contributed by atoms with Crippen molar-refractivity contribution in [1.82, 2.24) is 15.0 Å². The Kier molecular flexibility index (Phi) is 2.69. The summed E-state index contributed by atoms with van der Waals surface area (Å²) in [4.78, 5) is 0. The van der Waals surface area contributed by atoms with E-state index >= 15 is 0 Å². The fraction of sp³-hybridized carbons (Fsp3) is 0.273. The van der Waals surface area contributed by atoms with Crippen molar-refractivity contribution in [2.45, 2.75) is 12.5 Å². The summed E-state index contributed by atoms with van der Waals surface area (Å²) in [6, 6.07) is 7.12. The van der Waals surface area contributed by atoms with Gasteiger partial charge in [0.15, 0.2) is 0 Å². The number of benzene rings is 1. The van der Waals surface area contributed by atoms with Crippen LogP contribution in [0.1, 0.15) is 18.2 Å². The molecule has 1 unspecified atom stereocenters. The highest BCUT2D eigenvalue weighted by Crippen LogP contribution is 2.29. The van der Waals surface area contributed by atoms with Crippen LogP contribution in [0.4, 0.5) is 0 Å². The largest absolute Gasteiger partial charge is 0.379 e. The fourth-order valence-corrected chi connectivity index (χ4v) is 1.86. The number of aromatic nitrogens is 3. The van der Waals surface area contributed by atoms with Crippen molar-refractivity contribution >= 4 is 11.6 Å². The normalized spacial score (nSPS) is 14.8. The number of hydrogen-bond acceptors (Lipinski definition) is 3. The SMILES string of the molecule is Cn1nncc1C(C)(O)c1cccc(Cl)c1. The minimum atomic E-state index is -1.15. The Morgan fingerprint density at radius 3 is 2.75 bits per heavy atom. The van der Waals surface area contributed by atoms with Crippen LogP contribution in [0, 0.1) is 0 Å². The van der Waals surface area contributed by atoms with E-state index < -0.39 is 5.60 Å². The third-order valence-electron chi connectivity index (χ3n) is 2.60. The molecule has 4 nitrogen and oxygen atoms in total. The van der Waals surface area contributed by atoms with Crippen LogP contribution in [0.25, 0.3) is 0 Å². The van der Waals surface area contributed by atoms with Gasteiger partial charge in [-0.15, -0.1) is 5.10 Å². The van der Waals surface area contributed by atoms with Crippen LogP contribution in [0.2, 0.25) is 5.02 Å². The molecule has 16 heavy (non-hydrogen) atoms. The summed E-state index contributed by atoms with van der Waals surface area (Å²) in [5, 5.41) is 18.6. The smallest absolute Gasteiger partial charge is 0.130 e. The number of aliphatic hydroxyl groups is 1. The molecule has 1 aromatic carbocycles. The first-order valence-electron chi connectivity index (χ1n) is 4.85. The maximum absolute atomic E-state index is 10.5. The third kappa shape index (κ3) is 1.81. The molecule has 0 aliphatic rings. The van der Waals surface area contributed by atoms with E-state index in [2.05, 4.69) is 10.3 Å². The first-order chi connectivity index (χ1) is 7.51. The molecule has 84 valence electrons. The molecule has 1 aromatic heterocycles. The van der Waals surface area contributed by atoms with Crippen LogP contribution in [-0.4, -0.2) is 20.1 Å². The van der Waals surface area contributed by atoms with Crippen molar-refractivity contribution in [2.24, 2.45) is 7.05 Å². The van der Waals surface area contributed by atoms with Crippen LogP contribution >= 0.6 is 11.6 Å². The Morgan fingerprint density at radius 2 is 2.19 bits per heavy atom. The molecule has 2 rings (SSSR count). The van der Waals surface area contributed by atoms with Gasteiger partial charge in [0.2, 0.25) is 0 Å². The molecule has 2 aromatic rings. The Bertz CT molecular complexity index is 507. The van der Waals surface area contributed by atoms with Crippen LogP contribution in [0.5, 0.6) is 0 Å². The Hall–Kier alpha value is -1.39. The van der Waals surface area contributed by atoms with E-state index in [1.54, 1.807) is 43.0 Å². The molecular formula is C11H12ClN3O. The Labute approximate surface area is 98.5 Å². The summed E-state index contributed by atoms with van der Waals surface area (Å²) in [5.74, 6) is 0. The van der Waals surface area contributed by atoms with Gasteiger partial charge in [-0.2, -0.15) is 0 Å². The van der Waals surface area contributed by atoms with E-state index in [0.29, 0.717) is 16.3 Å². The van der Waals surface area contributed by atoms with E-state index in [-0.39, 0.29) is 0 Å². The van der Waals surface area contributed by atoms with Gasteiger partial charge in [-0.05, 0) is 24.6 Å². The van der Waals surface area contributed by atoms with Gasteiger partial charge in [-0.3, -0.25) is 0 Å². The van der Waals surface area contributed by atoms with Crippen LogP contribution in [0.15, 0.2) is 30.5 Å². The van der Waals surface area contributed by atoms with Gasteiger partial charge in [0.05, 0.1) is 11.9 Å². The second-order valence-corrected chi connectivity index (χ2v) is 4.26. The first kappa shape index (κ1) is 11.1. The van der Waals surface area contributed by atoms with E-state index in [1.165, 1.54) is 0 Å². The number of hydrogen-bond donors (Lipinski definition) is 1. The van der Waals surface area contributed by atoms with Crippen molar-refractivity contribution in [2.75, 3.05) is 0 Å². The molecule has 1 heterocycles. The predicted molar refractivity (Wildman–Crippen MR) is 61.1 cm³/mol. The minimum absolute atomic E-state index is 0.591. The molecule has 1 atom stereocenters. The minimum Gasteiger partial charge on any atom is -0.379 e. The summed E-state index contributed by atoms with van der Waals surface area (Å²) >= 11 is 5.90. The average Bonchev–Trinajstić information content (AvgIpc) is 2.65. The number of nitrogens with zero attached hydrogens (tertiary/aromatic N) is 3. The van der Waals surface area contributed by atoms with E-state index in [4.69, 9.17) is 11.6 Å². The zero-order valence-corrected chi connectivity index (χ0v) is 9.81. The van der Waals surface area contributed by atoms with Gasteiger partial charge in [-0.25, -0.2) is 4.68 Å². The molecule has 0 bridgehead atoms. The van der Waals surface area contributed by atoms with E-state index in [9.17, 15) is 5.11 Å². The zero-order valence-electron chi connectivity index (χ0n) is 9.05. The summed E-state index contributed by atoms with van der Waals surface area (Å²) < 4.78 is 1.54. The Balaban J connectivity index is 2.51. The maximum Gasteiger partial charge on any atom is 0.130 e. The number of halogens is 1. The monoisotopic (exact) mass is 237 g/mol. The molecular weight excluding hydrogens is 226 g/mol. The van der Waals surface area contributed by atoms with Crippen molar-refractivity contribution in [3.05, 3.63) is 46.7 Å². The highest BCUT2D eigenvalue weighted by molar-refractivity contribution is 6.30. The van der Waals surface area contributed by atoms with E-state index in [1.807, 2.05) is 6.07 Å². The third-order valence-corrected chi connectivity index (χ3v) is 2.84. The lowest BCUT2D eigenvalue weighted by atomic mass is 9.93. The highest BCUT2D eigenvalue weighted by Gasteiger charge is 2.29. The summed E-state index contributed by atoms with van der Waals surface area (Å²) in [5.41, 5.74) is 0.184. The average molecular weight is 238 g/mol. The lowest BCUT2D eigenvalue weighted by Gasteiger charge is -2.23. The van der Waals surface area contributed by atoms with E-state index in [0.717, 1.165) is 0 Å². The fourth-order valence-electron chi connectivity index (χ4n) is 1.67. The zero-order chi connectivity index (χ0) is 11.8. The number of aryl methyl sites for hydroxylation is 1. The molecule has 1 N–H and O–H groups in total. The first-order valence-corrected chi connectivity index (χ1v) is 5.23. The quantitative estimate of drug-likeness (QED) is 0.866. The molecule has 0 radical (unpaired) electrons. The molecule has 0 amide bonds. The van der Waals surface area contributed by atoms with Gasteiger partial charge >= 0.3 is 0 Å². The van der Waals surface area contributed by atoms with Crippen molar-refractivity contribution in [3.63, 3.8) is 0 Å². The predicted octanol–water partition coefficient (Wildman–Crippen LogP) is 1.72. The summed E-state index contributed by atoms with van der Waals surface area (Å²) in [7, 11) is 1.74. The summed E-state index contributed by atoms with van der Waals surface area (Å²) in [6.07, 6.45) is 1.54. The van der Waals surface area contributed by atoms with Crippen molar-refractivity contribution in [3.8, 4) is 0 Å². The standard InChI is InChI=1S/C11H12ClN3O/c1-11(16,10-7-13-14-15(10)2)8-4-3-5-9(12)6-8/h3-7,16H,1-2H3. The maximum atomic E-state index is 10.5.